The zero-order valence-electron chi connectivity index (χ0n) is 33.1. The number of carbonyl (C=O) groups excluding carboxylic acids is 3. The fraction of sp³-hybridized carbons (Fsp3) is 0.816. The number of hydrogen-bond acceptors (Lipinski definition) is 16. The Hall–Kier alpha value is -2.35. The van der Waals surface area contributed by atoms with Gasteiger partial charge in [-0.2, -0.15) is 0 Å². The molecule has 3 aliphatic rings. The van der Waals surface area contributed by atoms with E-state index in [0.717, 1.165) is 0 Å². The minimum Gasteiger partial charge on any atom is -0.459 e. The van der Waals surface area contributed by atoms with E-state index in [1.807, 2.05) is 0 Å². The van der Waals surface area contributed by atoms with Crippen molar-refractivity contribution in [3.8, 4) is 0 Å². The first-order chi connectivity index (χ1) is 25.2. The van der Waals surface area contributed by atoms with Gasteiger partial charge >= 0.3 is 11.9 Å². The predicted molar refractivity (Wildman–Crippen MR) is 193 cm³/mol. The summed E-state index contributed by atoms with van der Waals surface area (Å²) in [7, 11) is 4.75. The molecule has 0 aromatic carbocycles. The molecule has 3 rings (SSSR count). The molecule has 0 aromatic rings. The van der Waals surface area contributed by atoms with Crippen molar-refractivity contribution >= 4 is 17.7 Å². The van der Waals surface area contributed by atoms with E-state index in [4.69, 9.17) is 33.2 Å². The van der Waals surface area contributed by atoms with E-state index in [1.165, 1.54) is 52.2 Å². The second-order valence-electron chi connectivity index (χ2n) is 15.3. The first-order valence-electron chi connectivity index (χ1n) is 18.7. The van der Waals surface area contributed by atoms with Crippen LogP contribution in [0.3, 0.4) is 0 Å². The van der Waals surface area contributed by atoms with Gasteiger partial charge in [-0.1, -0.05) is 38.2 Å². The maximum atomic E-state index is 13.6. The number of aliphatic hydroxyl groups excluding tert-OH is 4. The Morgan fingerprint density at radius 2 is 1.56 bits per heavy atom. The molecule has 5 N–H and O–H groups in total. The largest absolute Gasteiger partial charge is 0.459 e. The number of Topliss-reactive ketones (excluding diaryl/α,β-unsaturated/α-hetero) is 1. The zero-order chi connectivity index (χ0) is 40.7. The van der Waals surface area contributed by atoms with Crippen molar-refractivity contribution < 1.29 is 73.1 Å². The highest BCUT2D eigenvalue weighted by atomic mass is 16.7. The number of aliphatic hydroxyl groups is 5. The van der Waals surface area contributed by atoms with E-state index in [-0.39, 0.29) is 25.0 Å². The van der Waals surface area contributed by atoms with Crippen LogP contribution in [0, 0.1) is 11.8 Å². The summed E-state index contributed by atoms with van der Waals surface area (Å²) in [6, 6.07) is -0.798. The Labute approximate surface area is 318 Å². The van der Waals surface area contributed by atoms with E-state index in [9.17, 15) is 39.9 Å². The number of likely N-dealkylation sites (N-methyl/N-ethyl adjacent to an activating group) is 1. The molecule has 0 aromatic heterocycles. The van der Waals surface area contributed by atoms with Crippen LogP contribution < -0.4 is 0 Å². The molecule has 0 unspecified atom stereocenters. The molecule has 0 saturated carbocycles. The molecule has 16 nitrogen and oxygen atoms in total. The third kappa shape index (κ3) is 11.8. The van der Waals surface area contributed by atoms with E-state index in [0.29, 0.717) is 0 Å². The molecule has 16 heteroatoms. The van der Waals surface area contributed by atoms with Gasteiger partial charge in [0.2, 0.25) is 0 Å². The maximum Gasteiger partial charge on any atom is 0.310 e. The number of cyclic esters (lactones) is 1. The molecule has 17 atom stereocenters. The fourth-order valence-corrected chi connectivity index (χ4v) is 7.28. The number of hydrogen-bond donors (Lipinski definition) is 5. The molecule has 0 bridgehead atoms. The van der Waals surface area contributed by atoms with Gasteiger partial charge in [0, 0.05) is 25.9 Å². The van der Waals surface area contributed by atoms with Crippen LogP contribution in [-0.2, 0) is 47.5 Å². The summed E-state index contributed by atoms with van der Waals surface area (Å²) < 4.78 is 42.2. The lowest BCUT2D eigenvalue weighted by Gasteiger charge is -2.50. The van der Waals surface area contributed by atoms with Crippen LogP contribution in [0.2, 0.25) is 0 Å². The number of ether oxygens (including phenoxy) is 7. The van der Waals surface area contributed by atoms with Crippen molar-refractivity contribution in [1.29, 1.82) is 0 Å². The van der Waals surface area contributed by atoms with Gasteiger partial charge in [-0.3, -0.25) is 14.4 Å². The summed E-state index contributed by atoms with van der Waals surface area (Å²) in [5.74, 6) is -3.44. The molecule has 0 aliphatic carbocycles. The van der Waals surface area contributed by atoms with E-state index in [2.05, 4.69) is 0 Å². The molecule has 3 aliphatic heterocycles. The fourth-order valence-electron chi connectivity index (χ4n) is 7.28. The summed E-state index contributed by atoms with van der Waals surface area (Å²) >= 11 is 0. The Bertz CT molecular complexity index is 1290. The predicted octanol–water partition coefficient (Wildman–Crippen LogP) is 0.777. The summed E-state index contributed by atoms with van der Waals surface area (Å²) in [5, 5.41) is 54.8. The molecule has 0 amide bonds. The highest BCUT2D eigenvalue weighted by Gasteiger charge is 2.52. The number of methoxy groups -OCH3 is 1. The number of allylic oxidation sites excluding steroid dienone is 2. The smallest absolute Gasteiger partial charge is 0.310 e. The summed E-state index contributed by atoms with van der Waals surface area (Å²) in [6.07, 6.45) is -9.18. The van der Waals surface area contributed by atoms with Crippen molar-refractivity contribution in [1.82, 2.24) is 4.90 Å². The average molecular weight is 774 g/mol. The first-order valence-corrected chi connectivity index (χ1v) is 18.7. The van der Waals surface area contributed by atoms with Gasteiger partial charge in [-0.15, -0.1) is 0 Å². The second kappa shape index (κ2) is 20.2. The van der Waals surface area contributed by atoms with Crippen LogP contribution in [0.4, 0.5) is 0 Å². The number of ketones is 1. The van der Waals surface area contributed by atoms with Crippen LogP contribution in [0.25, 0.3) is 0 Å². The molecule has 3 heterocycles. The van der Waals surface area contributed by atoms with Gasteiger partial charge in [0.05, 0.1) is 36.4 Å². The van der Waals surface area contributed by atoms with Crippen LogP contribution in [0.15, 0.2) is 24.3 Å². The molecule has 0 radical (unpaired) electrons. The minimum absolute atomic E-state index is 0.0395. The molecular formula is C38H63NO15. The quantitative estimate of drug-likeness (QED) is 0.204. The number of rotatable bonds is 9. The van der Waals surface area contributed by atoms with Crippen molar-refractivity contribution in [2.45, 2.75) is 166 Å². The zero-order valence-corrected chi connectivity index (χ0v) is 33.1. The summed E-state index contributed by atoms with van der Waals surface area (Å²) in [6.45, 7) is 11.0. The highest BCUT2D eigenvalue weighted by molar-refractivity contribution is 5.79. The van der Waals surface area contributed by atoms with Crippen molar-refractivity contribution in [2.24, 2.45) is 11.8 Å². The lowest BCUT2D eigenvalue weighted by Crippen LogP contribution is -2.66. The first kappa shape index (κ1) is 46.0. The lowest BCUT2D eigenvalue weighted by atomic mass is 9.82. The van der Waals surface area contributed by atoms with E-state index < -0.39 is 122 Å². The molecule has 310 valence electrons. The molecule has 54 heavy (non-hydrogen) atoms. The van der Waals surface area contributed by atoms with Crippen LogP contribution in [0.5, 0.6) is 0 Å². The molecule has 2 saturated heterocycles. The van der Waals surface area contributed by atoms with Gasteiger partial charge in [0.25, 0.3) is 0 Å². The van der Waals surface area contributed by atoms with Gasteiger partial charge < -0.3 is 63.6 Å². The van der Waals surface area contributed by atoms with Gasteiger partial charge in [0.1, 0.15) is 54.6 Å². The van der Waals surface area contributed by atoms with Crippen molar-refractivity contribution in [3.63, 3.8) is 0 Å². The van der Waals surface area contributed by atoms with Gasteiger partial charge in [0.15, 0.2) is 12.6 Å². The Morgan fingerprint density at radius 3 is 2.11 bits per heavy atom. The third-order valence-corrected chi connectivity index (χ3v) is 10.6. The SMILES string of the molecule is CCC(=O)O[C@@H]1CC(=O)O[C@H](C)[C@@H](O)/C=C/C=C/[C@H](O)[C@H](C)C[C@H](C(C)=O)[C@H](O[C@@H]2O[C@H](C)[C@@H](O[C@H]3C[C@@](C)(O)[C@H](O)[C@@H](C)O3)[C@H](N(C)C)[C@H]2O)[C@H]1OC. The topological polar surface area (TPSA) is 220 Å². The third-order valence-electron chi connectivity index (χ3n) is 10.6. The van der Waals surface area contributed by atoms with E-state index in [1.54, 1.807) is 46.7 Å². The monoisotopic (exact) mass is 773 g/mol. The maximum absolute atomic E-state index is 13.6. The minimum atomic E-state index is -1.50. The molecular weight excluding hydrogens is 710 g/mol. The normalized spacial score (nSPS) is 44.3. The van der Waals surface area contributed by atoms with Gasteiger partial charge in [-0.25, -0.2) is 0 Å². The number of esters is 2. The van der Waals surface area contributed by atoms with Crippen LogP contribution >= 0.6 is 0 Å². The summed E-state index contributed by atoms with van der Waals surface area (Å²) in [4.78, 5) is 41.3. The standard InChI is InChI=1S/C38H63NO15/c1-11-28(43)52-27-17-29(44)49-21(4)26(42)15-13-12-14-25(41)19(2)16-24(20(3)40)34(35(27)48-10)54-37-32(45)31(39(8)9)33(22(5)51-37)53-30-18-38(7,47)36(46)23(6)50-30/h12-15,19,21-27,30-37,41-42,45-47H,11,16-18H2,1-10H3/b14-12+,15-13+/t19-,21-,22-,23-,24-,25+,26+,27-,30+,31-,32-,33-,34+,35+,36-,37+,38-/m1/s1. The van der Waals surface area contributed by atoms with Crippen molar-refractivity contribution in [2.75, 3.05) is 21.2 Å². The highest BCUT2D eigenvalue weighted by Crippen LogP contribution is 2.36. The molecule has 2 fully saturated rings. The molecule has 0 spiro atoms. The number of carbonyl (C=O) groups is 3. The van der Waals surface area contributed by atoms with E-state index >= 15 is 0 Å². The van der Waals surface area contributed by atoms with Crippen LogP contribution in [0.1, 0.15) is 74.1 Å². The van der Waals surface area contributed by atoms with Gasteiger partial charge in [-0.05, 0) is 61.1 Å². The van der Waals surface area contributed by atoms with Crippen LogP contribution in [-0.4, -0.2) is 161 Å². The Morgan fingerprint density at radius 1 is 0.926 bits per heavy atom. The Balaban J connectivity index is 2.07. The lowest BCUT2D eigenvalue weighted by molar-refractivity contribution is -0.343. The average Bonchev–Trinajstić information content (AvgIpc) is 3.08. The number of nitrogens with zero attached hydrogens (tertiary/aromatic N) is 1. The second-order valence-corrected chi connectivity index (χ2v) is 15.3. The summed E-state index contributed by atoms with van der Waals surface area (Å²) in [5.41, 5.74) is -1.50. The Kier molecular flexibility index (Phi) is 17.2. The van der Waals surface area contributed by atoms with Crippen molar-refractivity contribution in [3.05, 3.63) is 24.3 Å².